The number of thioether (sulfide) groups is 1. The highest BCUT2D eigenvalue weighted by molar-refractivity contribution is 7.98. The van der Waals surface area contributed by atoms with Crippen molar-refractivity contribution in [3.8, 4) is 6.07 Å². The van der Waals surface area contributed by atoms with Crippen molar-refractivity contribution in [2.75, 3.05) is 25.6 Å². The van der Waals surface area contributed by atoms with Gasteiger partial charge in [-0.15, -0.1) is 0 Å². The molecule has 0 radical (unpaired) electrons. The predicted octanol–water partition coefficient (Wildman–Crippen LogP) is 3.00. The maximum Gasteiger partial charge on any atom is 0.0683 e. The molecule has 0 aliphatic rings. The molecule has 0 bridgehead atoms. The first-order chi connectivity index (χ1) is 6.93. The normalized spacial score (nSPS) is 13.9. The zero-order valence-electron chi connectivity index (χ0n) is 10.7. The minimum atomic E-state index is -0.163. The SMILES string of the molecule is CSCC(C)N(C)CCCC(C)(C)C#N. The summed E-state index contributed by atoms with van der Waals surface area (Å²) in [6.45, 7) is 7.37. The lowest BCUT2D eigenvalue weighted by molar-refractivity contribution is 0.259. The van der Waals surface area contributed by atoms with E-state index >= 15 is 0 Å². The van der Waals surface area contributed by atoms with Crippen LogP contribution in [0.1, 0.15) is 33.6 Å². The van der Waals surface area contributed by atoms with Gasteiger partial charge in [-0.05, 0) is 53.5 Å². The lowest BCUT2D eigenvalue weighted by Crippen LogP contribution is -2.32. The van der Waals surface area contributed by atoms with E-state index in [2.05, 4.69) is 31.2 Å². The van der Waals surface area contributed by atoms with E-state index in [0.717, 1.165) is 19.4 Å². The zero-order chi connectivity index (χ0) is 11.9. The summed E-state index contributed by atoms with van der Waals surface area (Å²) in [5.41, 5.74) is -0.163. The van der Waals surface area contributed by atoms with Crippen LogP contribution in [0.15, 0.2) is 0 Å². The first-order valence-electron chi connectivity index (χ1n) is 5.53. The summed E-state index contributed by atoms with van der Waals surface area (Å²) in [6.07, 6.45) is 4.23. The Balaban J connectivity index is 3.73. The van der Waals surface area contributed by atoms with Crippen molar-refractivity contribution in [3.63, 3.8) is 0 Å². The van der Waals surface area contributed by atoms with Crippen LogP contribution in [0.2, 0.25) is 0 Å². The molecule has 0 aromatic rings. The Hall–Kier alpha value is -0.200. The van der Waals surface area contributed by atoms with E-state index in [9.17, 15) is 0 Å². The van der Waals surface area contributed by atoms with Crippen molar-refractivity contribution < 1.29 is 0 Å². The van der Waals surface area contributed by atoms with Gasteiger partial charge in [0, 0.05) is 11.8 Å². The number of nitrogens with zero attached hydrogens (tertiary/aromatic N) is 2. The number of hydrogen-bond acceptors (Lipinski definition) is 3. The van der Waals surface area contributed by atoms with Crippen molar-refractivity contribution in [2.45, 2.75) is 39.7 Å². The topological polar surface area (TPSA) is 27.0 Å². The zero-order valence-corrected chi connectivity index (χ0v) is 11.5. The smallest absolute Gasteiger partial charge is 0.0683 e. The predicted molar refractivity (Wildman–Crippen MR) is 69.1 cm³/mol. The van der Waals surface area contributed by atoms with E-state index in [1.54, 1.807) is 0 Å². The lowest BCUT2D eigenvalue weighted by Gasteiger charge is -2.25. The largest absolute Gasteiger partial charge is 0.303 e. The molecule has 15 heavy (non-hydrogen) atoms. The molecule has 0 aliphatic carbocycles. The minimum Gasteiger partial charge on any atom is -0.303 e. The van der Waals surface area contributed by atoms with Gasteiger partial charge in [0.15, 0.2) is 0 Å². The van der Waals surface area contributed by atoms with E-state index in [-0.39, 0.29) is 5.41 Å². The van der Waals surface area contributed by atoms with Gasteiger partial charge in [0.05, 0.1) is 11.5 Å². The molecule has 0 N–H and O–H groups in total. The standard InChI is InChI=1S/C12H24N2S/c1-11(9-15-5)14(4)8-6-7-12(2,3)10-13/h11H,6-9H2,1-5H3. The molecule has 0 aliphatic heterocycles. The number of hydrogen-bond donors (Lipinski definition) is 0. The Morgan fingerprint density at radius 3 is 2.53 bits per heavy atom. The van der Waals surface area contributed by atoms with Crippen LogP contribution in [0, 0.1) is 16.7 Å². The number of nitriles is 1. The third-order valence-corrected chi connectivity index (χ3v) is 3.59. The lowest BCUT2D eigenvalue weighted by atomic mass is 9.90. The molecule has 0 fully saturated rings. The molecule has 0 aromatic heterocycles. The van der Waals surface area contributed by atoms with Crippen LogP contribution in [0.25, 0.3) is 0 Å². The van der Waals surface area contributed by atoms with Crippen LogP contribution in [-0.4, -0.2) is 36.5 Å². The molecule has 0 aromatic carbocycles. The quantitative estimate of drug-likeness (QED) is 0.670. The van der Waals surface area contributed by atoms with Gasteiger partial charge in [-0.1, -0.05) is 0 Å². The fourth-order valence-corrected chi connectivity index (χ4v) is 2.15. The molecule has 88 valence electrons. The molecule has 1 atom stereocenters. The highest BCUT2D eigenvalue weighted by Gasteiger charge is 2.16. The van der Waals surface area contributed by atoms with Crippen LogP contribution in [0.3, 0.4) is 0 Å². The maximum atomic E-state index is 8.89. The van der Waals surface area contributed by atoms with E-state index in [1.807, 2.05) is 25.6 Å². The monoisotopic (exact) mass is 228 g/mol. The van der Waals surface area contributed by atoms with Gasteiger partial charge in [-0.3, -0.25) is 0 Å². The molecule has 0 spiro atoms. The summed E-state index contributed by atoms with van der Waals surface area (Å²) in [4.78, 5) is 2.38. The summed E-state index contributed by atoms with van der Waals surface area (Å²) in [5, 5.41) is 8.89. The van der Waals surface area contributed by atoms with Crippen molar-refractivity contribution in [3.05, 3.63) is 0 Å². The molecule has 0 heterocycles. The average molecular weight is 228 g/mol. The first kappa shape index (κ1) is 14.8. The molecule has 0 rings (SSSR count). The van der Waals surface area contributed by atoms with Gasteiger partial charge in [0.2, 0.25) is 0 Å². The molecule has 0 amide bonds. The molecule has 0 saturated heterocycles. The second-order valence-corrected chi connectivity index (χ2v) is 5.79. The van der Waals surface area contributed by atoms with E-state index in [1.165, 1.54) is 5.75 Å². The van der Waals surface area contributed by atoms with Crippen molar-refractivity contribution >= 4 is 11.8 Å². The molecule has 0 saturated carbocycles. The fraction of sp³-hybridized carbons (Fsp3) is 0.917. The first-order valence-corrected chi connectivity index (χ1v) is 6.93. The van der Waals surface area contributed by atoms with E-state index < -0.39 is 0 Å². The van der Waals surface area contributed by atoms with E-state index in [4.69, 9.17) is 5.26 Å². The second kappa shape index (κ2) is 7.14. The van der Waals surface area contributed by atoms with Crippen LogP contribution in [0.4, 0.5) is 0 Å². The fourth-order valence-electron chi connectivity index (χ4n) is 1.42. The Bertz CT molecular complexity index is 208. The number of rotatable bonds is 7. The van der Waals surface area contributed by atoms with Gasteiger partial charge in [0.25, 0.3) is 0 Å². The van der Waals surface area contributed by atoms with Gasteiger partial charge in [-0.2, -0.15) is 17.0 Å². The maximum absolute atomic E-state index is 8.89. The van der Waals surface area contributed by atoms with Crippen LogP contribution < -0.4 is 0 Å². The van der Waals surface area contributed by atoms with Crippen molar-refractivity contribution in [2.24, 2.45) is 5.41 Å². The summed E-state index contributed by atoms with van der Waals surface area (Å²) in [5.74, 6) is 1.18. The van der Waals surface area contributed by atoms with Crippen molar-refractivity contribution in [1.82, 2.24) is 4.90 Å². The van der Waals surface area contributed by atoms with Crippen molar-refractivity contribution in [1.29, 1.82) is 5.26 Å². The van der Waals surface area contributed by atoms with Gasteiger partial charge in [0.1, 0.15) is 0 Å². The Morgan fingerprint density at radius 1 is 1.47 bits per heavy atom. The molecule has 1 unspecified atom stereocenters. The van der Waals surface area contributed by atoms with E-state index in [0.29, 0.717) is 6.04 Å². The molecule has 3 heteroatoms. The van der Waals surface area contributed by atoms with Crippen LogP contribution in [-0.2, 0) is 0 Å². The molecular formula is C12H24N2S. The highest BCUT2D eigenvalue weighted by atomic mass is 32.2. The summed E-state index contributed by atoms with van der Waals surface area (Å²) < 4.78 is 0. The summed E-state index contributed by atoms with van der Waals surface area (Å²) in [7, 11) is 2.17. The Labute approximate surface area is 99.0 Å². The molecular weight excluding hydrogens is 204 g/mol. The summed E-state index contributed by atoms with van der Waals surface area (Å²) in [6, 6.07) is 2.98. The van der Waals surface area contributed by atoms with Gasteiger partial charge < -0.3 is 4.90 Å². The summed E-state index contributed by atoms with van der Waals surface area (Å²) >= 11 is 1.89. The van der Waals surface area contributed by atoms with Gasteiger partial charge in [-0.25, -0.2) is 0 Å². The van der Waals surface area contributed by atoms with Crippen LogP contribution in [0.5, 0.6) is 0 Å². The Kier molecular flexibility index (Phi) is 7.04. The van der Waals surface area contributed by atoms with Gasteiger partial charge >= 0.3 is 0 Å². The Morgan fingerprint density at radius 2 is 2.07 bits per heavy atom. The second-order valence-electron chi connectivity index (χ2n) is 4.88. The average Bonchev–Trinajstić information content (AvgIpc) is 2.18. The third-order valence-electron chi connectivity index (χ3n) is 2.78. The third kappa shape index (κ3) is 6.81. The van der Waals surface area contributed by atoms with Crippen LogP contribution >= 0.6 is 11.8 Å². The molecule has 2 nitrogen and oxygen atoms in total. The minimum absolute atomic E-state index is 0.163. The highest BCUT2D eigenvalue weighted by Crippen LogP contribution is 2.20.